The predicted molar refractivity (Wildman–Crippen MR) is 83.3 cm³/mol. The molecule has 1 N–H and O–H groups in total. The van der Waals surface area contributed by atoms with Gasteiger partial charge in [0, 0.05) is 18.2 Å². The number of esters is 1. The van der Waals surface area contributed by atoms with Crippen LogP contribution in [0.25, 0.3) is 0 Å². The molecule has 1 amide bonds. The molecule has 0 fully saturated rings. The van der Waals surface area contributed by atoms with Crippen LogP contribution in [0.2, 0.25) is 0 Å². The first-order valence-corrected chi connectivity index (χ1v) is 7.25. The number of carbonyl (C=O) groups is 2. The Hall–Kier alpha value is -2.10. The SMILES string of the molecule is C=CC(=O)OCCCNC(=O)c1ccc(C(C)CC)cc1. The summed E-state index contributed by atoms with van der Waals surface area (Å²) in [7, 11) is 0. The van der Waals surface area contributed by atoms with Crippen LogP contribution < -0.4 is 5.32 Å². The Kier molecular flexibility index (Phi) is 7.23. The van der Waals surface area contributed by atoms with Crippen molar-refractivity contribution < 1.29 is 14.3 Å². The lowest BCUT2D eigenvalue weighted by Crippen LogP contribution is -2.25. The summed E-state index contributed by atoms with van der Waals surface area (Å²) in [5.41, 5.74) is 1.88. The number of amides is 1. The van der Waals surface area contributed by atoms with Crippen molar-refractivity contribution in [3.05, 3.63) is 48.0 Å². The van der Waals surface area contributed by atoms with E-state index < -0.39 is 5.97 Å². The summed E-state index contributed by atoms with van der Waals surface area (Å²) in [6.07, 6.45) is 2.78. The molecule has 21 heavy (non-hydrogen) atoms. The lowest BCUT2D eigenvalue weighted by Gasteiger charge is -2.10. The van der Waals surface area contributed by atoms with Crippen LogP contribution in [0.15, 0.2) is 36.9 Å². The minimum absolute atomic E-state index is 0.110. The highest BCUT2D eigenvalue weighted by Crippen LogP contribution is 2.18. The predicted octanol–water partition coefficient (Wildman–Crippen LogP) is 3.05. The zero-order valence-electron chi connectivity index (χ0n) is 12.7. The standard InChI is InChI=1S/C17H23NO3/c1-4-13(3)14-7-9-15(10-8-14)17(20)18-11-6-12-21-16(19)5-2/h5,7-10,13H,2,4,6,11-12H2,1,3H3,(H,18,20). The van der Waals surface area contributed by atoms with Crippen LogP contribution >= 0.6 is 0 Å². The smallest absolute Gasteiger partial charge is 0.330 e. The molecule has 114 valence electrons. The number of hydrogen-bond donors (Lipinski definition) is 1. The molecular weight excluding hydrogens is 266 g/mol. The van der Waals surface area contributed by atoms with E-state index in [0.29, 0.717) is 24.4 Å². The van der Waals surface area contributed by atoms with Crippen molar-refractivity contribution in [3.63, 3.8) is 0 Å². The molecular formula is C17H23NO3. The molecule has 0 aliphatic rings. The van der Waals surface area contributed by atoms with Gasteiger partial charge in [-0.25, -0.2) is 4.79 Å². The third-order valence-corrected chi connectivity index (χ3v) is 3.37. The van der Waals surface area contributed by atoms with Gasteiger partial charge in [-0.2, -0.15) is 0 Å². The first-order chi connectivity index (χ1) is 10.1. The van der Waals surface area contributed by atoms with Crippen LogP contribution in [0.5, 0.6) is 0 Å². The van der Waals surface area contributed by atoms with Crippen molar-refractivity contribution in [1.29, 1.82) is 0 Å². The van der Waals surface area contributed by atoms with E-state index in [0.717, 1.165) is 12.5 Å². The molecule has 0 saturated carbocycles. The number of ether oxygens (including phenoxy) is 1. The van der Waals surface area contributed by atoms with Crippen molar-refractivity contribution in [1.82, 2.24) is 5.32 Å². The van der Waals surface area contributed by atoms with Crippen LogP contribution in [0.4, 0.5) is 0 Å². The Morgan fingerprint density at radius 1 is 1.33 bits per heavy atom. The summed E-state index contributed by atoms with van der Waals surface area (Å²) >= 11 is 0. The molecule has 1 aromatic rings. The van der Waals surface area contributed by atoms with E-state index in [4.69, 9.17) is 4.74 Å². The monoisotopic (exact) mass is 289 g/mol. The van der Waals surface area contributed by atoms with Crippen LogP contribution in [0.3, 0.4) is 0 Å². The van der Waals surface area contributed by atoms with E-state index >= 15 is 0 Å². The molecule has 0 radical (unpaired) electrons. The average Bonchev–Trinajstić information content (AvgIpc) is 2.53. The quantitative estimate of drug-likeness (QED) is 0.454. The largest absolute Gasteiger partial charge is 0.462 e. The second kappa shape index (κ2) is 8.95. The minimum Gasteiger partial charge on any atom is -0.462 e. The van der Waals surface area contributed by atoms with Gasteiger partial charge in [0.05, 0.1) is 6.61 Å². The molecule has 0 saturated heterocycles. The molecule has 1 atom stereocenters. The molecule has 4 heteroatoms. The summed E-state index contributed by atoms with van der Waals surface area (Å²) in [4.78, 5) is 22.7. The maximum absolute atomic E-state index is 11.9. The highest BCUT2D eigenvalue weighted by Gasteiger charge is 2.07. The normalized spacial score (nSPS) is 11.5. The van der Waals surface area contributed by atoms with Gasteiger partial charge in [0.1, 0.15) is 0 Å². The highest BCUT2D eigenvalue weighted by molar-refractivity contribution is 5.94. The van der Waals surface area contributed by atoms with Crippen molar-refractivity contribution in [2.75, 3.05) is 13.2 Å². The van der Waals surface area contributed by atoms with E-state index in [1.54, 1.807) is 0 Å². The van der Waals surface area contributed by atoms with E-state index in [2.05, 4.69) is 25.7 Å². The van der Waals surface area contributed by atoms with Gasteiger partial charge in [-0.15, -0.1) is 0 Å². The van der Waals surface area contributed by atoms with Gasteiger partial charge in [-0.3, -0.25) is 4.79 Å². The first kappa shape index (κ1) is 17.0. The number of nitrogens with one attached hydrogen (secondary N) is 1. The zero-order valence-corrected chi connectivity index (χ0v) is 12.7. The lowest BCUT2D eigenvalue weighted by molar-refractivity contribution is -0.137. The van der Waals surface area contributed by atoms with Gasteiger partial charge in [0.2, 0.25) is 0 Å². The number of rotatable bonds is 8. The Bertz CT molecular complexity index is 479. The van der Waals surface area contributed by atoms with E-state index in [1.165, 1.54) is 5.56 Å². The van der Waals surface area contributed by atoms with Crippen LogP contribution in [0.1, 0.15) is 48.5 Å². The summed E-state index contributed by atoms with van der Waals surface area (Å²) in [6, 6.07) is 7.67. The van der Waals surface area contributed by atoms with E-state index in [1.807, 2.05) is 24.3 Å². The van der Waals surface area contributed by atoms with Crippen LogP contribution in [0, 0.1) is 0 Å². The Morgan fingerprint density at radius 3 is 2.57 bits per heavy atom. The summed E-state index contributed by atoms with van der Waals surface area (Å²) < 4.78 is 4.82. The molecule has 0 spiro atoms. The van der Waals surface area contributed by atoms with E-state index in [9.17, 15) is 9.59 Å². The molecule has 4 nitrogen and oxygen atoms in total. The zero-order chi connectivity index (χ0) is 15.7. The van der Waals surface area contributed by atoms with Crippen molar-refractivity contribution >= 4 is 11.9 Å². The molecule has 0 aliphatic carbocycles. The number of hydrogen-bond acceptors (Lipinski definition) is 3. The maximum Gasteiger partial charge on any atom is 0.330 e. The lowest BCUT2D eigenvalue weighted by atomic mass is 9.97. The van der Waals surface area contributed by atoms with Gasteiger partial charge in [-0.05, 0) is 36.5 Å². The second-order valence-corrected chi connectivity index (χ2v) is 4.91. The van der Waals surface area contributed by atoms with Crippen LogP contribution in [-0.4, -0.2) is 25.0 Å². The topological polar surface area (TPSA) is 55.4 Å². The minimum atomic E-state index is -0.443. The third-order valence-electron chi connectivity index (χ3n) is 3.37. The Labute approximate surface area is 126 Å². The summed E-state index contributed by atoms with van der Waals surface area (Å²) in [5, 5.41) is 2.80. The summed E-state index contributed by atoms with van der Waals surface area (Å²) in [6.45, 7) is 8.36. The maximum atomic E-state index is 11.9. The van der Waals surface area contributed by atoms with Gasteiger partial charge < -0.3 is 10.1 Å². The van der Waals surface area contributed by atoms with Crippen molar-refractivity contribution in [2.45, 2.75) is 32.6 Å². The van der Waals surface area contributed by atoms with Gasteiger partial charge in [0.15, 0.2) is 0 Å². The van der Waals surface area contributed by atoms with Crippen LogP contribution in [-0.2, 0) is 9.53 Å². The molecule has 1 aromatic carbocycles. The van der Waals surface area contributed by atoms with Gasteiger partial charge in [0.25, 0.3) is 5.91 Å². The van der Waals surface area contributed by atoms with Crippen molar-refractivity contribution in [3.8, 4) is 0 Å². The summed E-state index contributed by atoms with van der Waals surface area (Å²) in [5.74, 6) is -0.0515. The van der Waals surface area contributed by atoms with Crippen molar-refractivity contribution in [2.24, 2.45) is 0 Å². The highest BCUT2D eigenvalue weighted by atomic mass is 16.5. The fourth-order valence-corrected chi connectivity index (χ4v) is 1.81. The first-order valence-electron chi connectivity index (χ1n) is 7.25. The van der Waals surface area contributed by atoms with Gasteiger partial charge >= 0.3 is 5.97 Å². The molecule has 1 unspecified atom stereocenters. The molecule has 0 bridgehead atoms. The molecule has 0 aliphatic heterocycles. The molecule has 0 heterocycles. The fraction of sp³-hybridized carbons (Fsp3) is 0.412. The molecule has 0 aromatic heterocycles. The van der Waals surface area contributed by atoms with E-state index in [-0.39, 0.29) is 12.5 Å². The third kappa shape index (κ3) is 5.81. The Balaban J connectivity index is 2.35. The Morgan fingerprint density at radius 2 is 2.00 bits per heavy atom. The number of carbonyl (C=O) groups excluding carboxylic acids is 2. The fourth-order valence-electron chi connectivity index (χ4n) is 1.81. The van der Waals surface area contributed by atoms with Gasteiger partial charge in [-0.1, -0.05) is 32.6 Å². The molecule has 1 rings (SSSR count). The second-order valence-electron chi connectivity index (χ2n) is 4.91. The number of benzene rings is 1. The average molecular weight is 289 g/mol.